The Balaban J connectivity index is 3.01. The molecule has 0 fully saturated rings. The molecule has 0 radical (unpaired) electrons. The van der Waals surface area contributed by atoms with Gasteiger partial charge in [0.1, 0.15) is 16.3 Å². The van der Waals surface area contributed by atoms with Gasteiger partial charge in [0.05, 0.1) is 5.56 Å². The minimum atomic E-state index is -0.910. The van der Waals surface area contributed by atoms with Crippen molar-refractivity contribution in [1.82, 2.24) is 4.98 Å². The van der Waals surface area contributed by atoms with Gasteiger partial charge in [-0.1, -0.05) is 11.8 Å². The summed E-state index contributed by atoms with van der Waals surface area (Å²) in [6.45, 7) is 3.37. The Morgan fingerprint density at radius 2 is 2.40 bits per heavy atom. The van der Waals surface area contributed by atoms with Crippen molar-refractivity contribution < 1.29 is 9.90 Å². The number of aliphatic carboxylic acids is 1. The van der Waals surface area contributed by atoms with E-state index in [1.165, 1.54) is 0 Å². The highest BCUT2D eigenvalue weighted by Crippen LogP contribution is 2.25. The molecule has 0 aromatic carbocycles. The fraction of sp³-hybridized carbons (Fsp3) is 0.300. The summed E-state index contributed by atoms with van der Waals surface area (Å²) < 4.78 is 0. The number of rotatable bonds is 3. The van der Waals surface area contributed by atoms with Crippen molar-refractivity contribution in [3.8, 4) is 6.07 Å². The fourth-order valence-corrected chi connectivity index (χ4v) is 1.86. The lowest BCUT2D eigenvalue weighted by Crippen LogP contribution is -2.12. The van der Waals surface area contributed by atoms with Gasteiger partial charge in [-0.25, -0.2) is 4.98 Å². The normalized spacial score (nSPS) is 11.8. The molecule has 0 aliphatic heterocycles. The first-order valence-corrected chi connectivity index (χ1v) is 5.19. The van der Waals surface area contributed by atoms with Gasteiger partial charge in [-0.2, -0.15) is 5.26 Å². The van der Waals surface area contributed by atoms with Crippen LogP contribution in [0.4, 0.5) is 0 Å². The first-order valence-electron chi connectivity index (χ1n) is 4.31. The number of hydrogen-bond donors (Lipinski definition) is 1. The van der Waals surface area contributed by atoms with Crippen LogP contribution in [0.25, 0.3) is 0 Å². The Kier molecular flexibility index (Phi) is 3.69. The maximum absolute atomic E-state index is 10.7. The third-order valence-electron chi connectivity index (χ3n) is 1.87. The summed E-state index contributed by atoms with van der Waals surface area (Å²) in [5.74, 6) is -0.910. The summed E-state index contributed by atoms with van der Waals surface area (Å²) in [7, 11) is 0. The van der Waals surface area contributed by atoms with E-state index in [0.29, 0.717) is 10.6 Å². The van der Waals surface area contributed by atoms with E-state index in [1.807, 2.05) is 6.07 Å². The predicted molar refractivity (Wildman–Crippen MR) is 56.6 cm³/mol. The minimum Gasteiger partial charge on any atom is -0.480 e. The lowest BCUT2D eigenvalue weighted by molar-refractivity contribution is -0.136. The number of carboxylic acids is 1. The summed E-state index contributed by atoms with van der Waals surface area (Å²) in [5.41, 5.74) is 1.27. The number of carboxylic acid groups (broad SMARTS) is 1. The summed E-state index contributed by atoms with van der Waals surface area (Å²) in [4.78, 5) is 14.7. The highest BCUT2D eigenvalue weighted by atomic mass is 32.2. The van der Waals surface area contributed by atoms with Gasteiger partial charge in [-0.15, -0.1) is 0 Å². The average molecular weight is 222 g/mol. The molecule has 0 spiro atoms. The highest BCUT2D eigenvalue weighted by Gasteiger charge is 2.16. The molecular formula is C10H10N2O2S. The number of hydrogen-bond acceptors (Lipinski definition) is 4. The van der Waals surface area contributed by atoms with Crippen LogP contribution in [0.1, 0.15) is 18.1 Å². The minimum absolute atomic E-state index is 0.454. The number of nitriles is 1. The molecule has 1 aromatic rings. The maximum atomic E-state index is 10.7. The monoisotopic (exact) mass is 222 g/mol. The Hall–Kier alpha value is -1.54. The Morgan fingerprint density at radius 1 is 1.73 bits per heavy atom. The standard InChI is InChI=1S/C10H10N2O2S/c1-6-3-4-12-9(8(6)5-11)15-7(2)10(13)14/h3-4,7H,1-2H3,(H,13,14). The number of aromatic nitrogens is 1. The summed E-state index contributed by atoms with van der Waals surface area (Å²) in [6, 6.07) is 3.76. The van der Waals surface area contributed by atoms with Crippen molar-refractivity contribution in [3.63, 3.8) is 0 Å². The zero-order chi connectivity index (χ0) is 11.4. The van der Waals surface area contributed by atoms with Gasteiger partial charge in [0.25, 0.3) is 0 Å². The molecule has 0 saturated carbocycles. The van der Waals surface area contributed by atoms with E-state index in [9.17, 15) is 4.79 Å². The van der Waals surface area contributed by atoms with Crippen LogP contribution in [0, 0.1) is 18.3 Å². The van der Waals surface area contributed by atoms with E-state index in [0.717, 1.165) is 17.3 Å². The molecule has 0 bridgehead atoms. The molecule has 0 saturated heterocycles. The molecule has 1 aromatic heterocycles. The second-order valence-corrected chi connectivity index (χ2v) is 4.35. The second kappa shape index (κ2) is 4.80. The van der Waals surface area contributed by atoms with Crippen molar-refractivity contribution in [2.75, 3.05) is 0 Å². The van der Waals surface area contributed by atoms with Gasteiger partial charge in [0.2, 0.25) is 0 Å². The van der Waals surface area contributed by atoms with Crippen LogP contribution >= 0.6 is 11.8 Å². The average Bonchev–Trinajstić information content (AvgIpc) is 2.18. The maximum Gasteiger partial charge on any atom is 0.316 e. The third-order valence-corrected chi connectivity index (χ3v) is 2.96. The molecule has 0 amide bonds. The van der Waals surface area contributed by atoms with E-state index < -0.39 is 11.2 Å². The van der Waals surface area contributed by atoms with Gasteiger partial charge >= 0.3 is 5.97 Å². The number of aryl methyl sites for hydroxylation is 1. The van der Waals surface area contributed by atoms with Crippen molar-refractivity contribution in [1.29, 1.82) is 5.26 Å². The van der Waals surface area contributed by atoms with Crippen LogP contribution in [0.15, 0.2) is 17.3 Å². The van der Waals surface area contributed by atoms with Crippen molar-refractivity contribution in [2.45, 2.75) is 24.1 Å². The van der Waals surface area contributed by atoms with E-state index in [4.69, 9.17) is 10.4 Å². The topological polar surface area (TPSA) is 74.0 Å². The van der Waals surface area contributed by atoms with Gasteiger partial charge in [0.15, 0.2) is 0 Å². The zero-order valence-corrected chi connectivity index (χ0v) is 9.21. The number of nitrogens with zero attached hydrogens (tertiary/aromatic N) is 2. The molecule has 1 heterocycles. The molecule has 1 unspecified atom stereocenters. The first-order chi connectivity index (χ1) is 7.06. The van der Waals surface area contributed by atoms with Crippen LogP contribution < -0.4 is 0 Å². The van der Waals surface area contributed by atoms with Crippen molar-refractivity contribution in [2.24, 2.45) is 0 Å². The zero-order valence-electron chi connectivity index (χ0n) is 8.39. The molecule has 4 nitrogen and oxygen atoms in total. The van der Waals surface area contributed by atoms with Crippen LogP contribution in [0.5, 0.6) is 0 Å². The first kappa shape index (κ1) is 11.5. The quantitative estimate of drug-likeness (QED) is 0.790. The van der Waals surface area contributed by atoms with Crippen LogP contribution in [0.3, 0.4) is 0 Å². The molecule has 78 valence electrons. The molecule has 0 aliphatic rings. The molecule has 1 atom stereocenters. The molecular weight excluding hydrogens is 212 g/mol. The van der Waals surface area contributed by atoms with Gasteiger partial charge < -0.3 is 5.11 Å². The van der Waals surface area contributed by atoms with E-state index in [2.05, 4.69) is 4.98 Å². The van der Waals surface area contributed by atoms with Gasteiger partial charge in [-0.3, -0.25) is 4.79 Å². The van der Waals surface area contributed by atoms with Crippen LogP contribution in [0.2, 0.25) is 0 Å². The summed E-state index contributed by atoms with van der Waals surface area (Å²) >= 11 is 1.08. The number of carbonyl (C=O) groups is 1. The van der Waals surface area contributed by atoms with Crippen molar-refractivity contribution in [3.05, 3.63) is 23.4 Å². The molecule has 1 rings (SSSR count). The number of pyridine rings is 1. The SMILES string of the molecule is Cc1ccnc(SC(C)C(=O)O)c1C#N. The van der Waals surface area contributed by atoms with Gasteiger partial charge in [0, 0.05) is 6.20 Å². The number of thioether (sulfide) groups is 1. The third kappa shape index (κ3) is 2.70. The summed E-state index contributed by atoms with van der Waals surface area (Å²) in [5, 5.41) is 17.5. The lowest BCUT2D eigenvalue weighted by atomic mass is 10.2. The van der Waals surface area contributed by atoms with Gasteiger partial charge in [-0.05, 0) is 25.5 Å². The van der Waals surface area contributed by atoms with E-state index in [1.54, 1.807) is 26.1 Å². The molecule has 15 heavy (non-hydrogen) atoms. The smallest absolute Gasteiger partial charge is 0.316 e. The molecule has 0 aliphatic carbocycles. The van der Waals surface area contributed by atoms with E-state index >= 15 is 0 Å². The van der Waals surface area contributed by atoms with Crippen LogP contribution in [-0.4, -0.2) is 21.3 Å². The molecule has 5 heteroatoms. The predicted octanol–water partition coefficient (Wildman–Crippen LogP) is 1.83. The summed E-state index contributed by atoms with van der Waals surface area (Å²) in [6.07, 6.45) is 1.58. The Labute approximate surface area is 91.9 Å². The molecule has 1 N–H and O–H groups in total. The van der Waals surface area contributed by atoms with E-state index in [-0.39, 0.29) is 0 Å². The lowest BCUT2D eigenvalue weighted by Gasteiger charge is -2.07. The van der Waals surface area contributed by atoms with Crippen LogP contribution in [-0.2, 0) is 4.79 Å². The highest BCUT2D eigenvalue weighted by molar-refractivity contribution is 8.00. The fourth-order valence-electron chi connectivity index (χ4n) is 0.977. The Bertz CT molecular complexity index is 426. The second-order valence-electron chi connectivity index (χ2n) is 3.02. The van der Waals surface area contributed by atoms with Crippen molar-refractivity contribution >= 4 is 17.7 Å². The largest absolute Gasteiger partial charge is 0.480 e. The Morgan fingerprint density at radius 3 is 2.93 bits per heavy atom.